The van der Waals surface area contributed by atoms with Crippen molar-refractivity contribution in [1.82, 2.24) is 25.1 Å². The number of aromatic nitrogens is 5. The monoisotopic (exact) mass is 202 g/mol. The number of anilines is 1. The summed E-state index contributed by atoms with van der Waals surface area (Å²) < 4.78 is 0. The first-order chi connectivity index (χ1) is 7.34. The number of nitrogens with one attached hydrogen (secondary N) is 1. The highest BCUT2D eigenvalue weighted by Gasteiger charge is 2.18. The Morgan fingerprint density at radius 3 is 3.00 bits per heavy atom. The molecule has 0 aliphatic heterocycles. The molecule has 2 aromatic heterocycles. The molecule has 0 aromatic carbocycles. The fraction of sp³-hybridized carbons (Fsp3) is 0.333. The molecule has 6 nitrogen and oxygen atoms in total. The number of aromatic amines is 1. The molecule has 2 heterocycles. The number of aryl methyl sites for hydroxylation is 1. The van der Waals surface area contributed by atoms with Crippen molar-refractivity contribution in [2.75, 3.05) is 5.73 Å². The van der Waals surface area contributed by atoms with E-state index in [1.165, 1.54) is 6.33 Å². The number of rotatable bonds is 1. The van der Waals surface area contributed by atoms with Crippen molar-refractivity contribution in [3.63, 3.8) is 0 Å². The van der Waals surface area contributed by atoms with Crippen LogP contribution in [0.3, 0.4) is 0 Å². The summed E-state index contributed by atoms with van der Waals surface area (Å²) >= 11 is 0. The summed E-state index contributed by atoms with van der Waals surface area (Å²) in [7, 11) is 0. The van der Waals surface area contributed by atoms with Crippen LogP contribution in [-0.2, 0) is 12.8 Å². The third-order valence-corrected chi connectivity index (χ3v) is 2.59. The zero-order chi connectivity index (χ0) is 10.3. The molecule has 6 heteroatoms. The van der Waals surface area contributed by atoms with Crippen LogP contribution in [0.1, 0.15) is 17.7 Å². The third kappa shape index (κ3) is 1.25. The highest BCUT2D eigenvalue weighted by atomic mass is 15.2. The smallest absolute Gasteiger partial charge is 0.199 e. The molecule has 3 N–H and O–H groups in total. The summed E-state index contributed by atoms with van der Waals surface area (Å²) in [5, 5.41) is 6.50. The topological polar surface area (TPSA) is 93.4 Å². The Kier molecular flexibility index (Phi) is 1.67. The largest absolute Gasteiger partial charge is 0.383 e. The molecule has 2 aromatic rings. The number of hydrogen-bond donors (Lipinski definition) is 2. The van der Waals surface area contributed by atoms with Gasteiger partial charge in [0.15, 0.2) is 11.6 Å². The maximum absolute atomic E-state index is 5.87. The maximum atomic E-state index is 5.87. The predicted octanol–water partition coefficient (Wildman–Crippen LogP) is 0.333. The van der Waals surface area contributed by atoms with E-state index in [4.69, 9.17) is 5.73 Å². The normalized spacial score (nSPS) is 14.1. The second kappa shape index (κ2) is 3.01. The van der Waals surface area contributed by atoms with Gasteiger partial charge in [-0.05, 0) is 19.3 Å². The van der Waals surface area contributed by atoms with E-state index in [0.29, 0.717) is 17.5 Å². The van der Waals surface area contributed by atoms with E-state index < -0.39 is 0 Å². The van der Waals surface area contributed by atoms with Crippen molar-refractivity contribution in [2.24, 2.45) is 0 Å². The van der Waals surface area contributed by atoms with Gasteiger partial charge in [-0.15, -0.1) is 0 Å². The molecule has 0 bridgehead atoms. The molecule has 0 saturated heterocycles. The molecule has 15 heavy (non-hydrogen) atoms. The van der Waals surface area contributed by atoms with E-state index in [1.807, 2.05) is 0 Å². The number of hydrogen-bond acceptors (Lipinski definition) is 5. The van der Waals surface area contributed by atoms with Crippen molar-refractivity contribution >= 4 is 5.82 Å². The number of nitrogen functional groups attached to an aromatic ring is 1. The van der Waals surface area contributed by atoms with Crippen molar-refractivity contribution in [3.8, 4) is 11.6 Å². The molecule has 0 saturated carbocycles. The van der Waals surface area contributed by atoms with Crippen LogP contribution in [0.4, 0.5) is 5.82 Å². The molecular weight excluding hydrogens is 192 g/mol. The quantitative estimate of drug-likeness (QED) is 0.695. The minimum absolute atomic E-state index is 0.533. The molecule has 1 aliphatic rings. The van der Waals surface area contributed by atoms with Crippen LogP contribution < -0.4 is 5.73 Å². The standard InChI is InChI=1S/C9H10N6/c10-7-5-2-1-3-6(5)13-9(14-7)8-11-4-12-15-8/h4H,1-3H2,(H2,10,13,14)(H,11,12,15). The fourth-order valence-electron chi connectivity index (χ4n) is 1.88. The van der Waals surface area contributed by atoms with Gasteiger partial charge in [0.05, 0.1) is 0 Å². The van der Waals surface area contributed by atoms with Crippen molar-refractivity contribution < 1.29 is 0 Å². The van der Waals surface area contributed by atoms with Crippen molar-refractivity contribution in [3.05, 3.63) is 17.6 Å². The number of H-pyrrole nitrogens is 1. The van der Waals surface area contributed by atoms with Crippen LogP contribution in [0.5, 0.6) is 0 Å². The van der Waals surface area contributed by atoms with Crippen molar-refractivity contribution in [1.29, 1.82) is 0 Å². The van der Waals surface area contributed by atoms with Crippen LogP contribution in [0, 0.1) is 0 Å². The minimum Gasteiger partial charge on any atom is -0.383 e. The number of nitrogens with zero attached hydrogens (tertiary/aromatic N) is 4. The Balaban J connectivity index is 2.15. The Morgan fingerprint density at radius 1 is 1.27 bits per heavy atom. The lowest BCUT2D eigenvalue weighted by Crippen LogP contribution is -2.03. The van der Waals surface area contributed by atoms with Gasteiger partial charge in [-0.2, -0.15) is 5.10 Å². The first-order valence-electron chi connectivity index (χ1n) is 4.85. The van der Waals surface area contributed by atoms with Gasteiger partial charge in [-0.1, -0.05) is 0 Å². The summed E-state index contributed by atoms with van der Waals surface area (Å²) in [4.78, 5) is 12.7. The van der Waals surface area contributed by atoms with Crippen LogP contribution >= 0.6 is 0 Å². The van der Waals surface area contributed by atoms with E-state index >= 15 is 0 Å². The lowest BCUT2D eigenvalue weighted by Gasteiger charge is -2.03. The maximum Gasteiger partial charge on any atom is 0.199 e. The van der Waals surface area contributed by atoms with Crippen LogP contribution in [-0.4, -0.2) is 25.1 Å². The van der Waals surface area contributed by atoms with Crippen LogP contribution in [0.2, 0.25) is 0 Å². The second-order valence-electron chi connectivity index (χ2n) is 3.55. The average Bonchev–Trinajstić information content (AvgIpc) is 2.88. The Bertz CT molecular complexity index is 490. The van der Waals surface area contributed by atoms with E-state index in [9.17, 15) is 0 Å². The molecule has 0 unspecified atom stereocenters. The lowest BCUT2D eigenvalue weighted by atomic mass is 10.2. The van der Waals surface area contributed by atoms with Gasteiger partial charge < -0.3 is 5.73 Å². The van der Waals surface area contributed by atoms with Crippen LogP contribution in [0.15, 0.2) is 6.33 Å². The van der Waals surface area contributed by atoms with Gasteiger partial charge in [-0.3, -0.25) is 5.10 Å². The first kappa shape index (κ1) is 8.34. The van der Waals surface area contributed by atoms with Gasteiger partial charge in [-0.25, -0.2) is 15.0 Å². The molecule has 0 fully saturated rings. The summed E-state index contributed by atoms with van der Waals surface area (Å²) in [6, 6.07) is 0. The molecule has 0 radical (unpaired) electrons. The van der Waals surface area contributed by atoms with Crippen LogP contribution in [0.25, 0.3) is 11.6 Å². The van der Waals surface area contributed by atoms with Gasteiger partial charge >= 0.3 is 0 Å². The number of nitrogens with two attached hydrogens (primary N) is 1. The van der Waals surface area contributed by atoms with E-state index in [-0.39, 0.29) is 0 Å². The molecule has 3 rings (SSSR count). The Morgan fingerprint density at radius 2 is 2.20 bits per heavy atom. The van der Waals surface area contributed by atoms with Crippen molar-refractivity contribution in [2.45, 2.75) is 19.3 Å². The summed E-state index contributed by atoms with van der Waals surface area (Å²) in [5.41, 5.74) is 8.01. The average molecular weight is 202 g/mol. The molecule has 76 valence electrons. The van der Waals surface area contributed by atoms with Gasteiger partial charge in [0.2, 0.25) is 0 Å². The van der Waals surface area contributed by atoms with E-state index in [2.05, 4.69) is 25.1 Å². The molecule has 1 aliphatic carbocycles. The van der Waals surface area contributed by atoms with E-state index in [1.54, 1.807) is 0 Å². The zero-order valence-corrected chi connectivity index (χ0v) is 8.06. The molecule has 0 atom stereocenters. The Hall–Kier alpha value is -1.98. The Labute approximate surface area is 86.0 Å². The van der Waals surface area contributed by atoms with Gasteiger partial charge in [0.25, 0.3) is 0 Å². The minimum atomic E-state index is 0.533. The third-order valence-electron chi connectivity index (χ3n) is 2.59. The highest BCUT2D eigenvalue weighted by Crippen LogP contribution is 2.25. The summed E-state index contributed by atoms with van der Waals surface area (Å²) in [6.07, 6.45) is 4.50. The van der Waals surface area contributed by atoms with E-state index in [0.717, 1.165) is 30.5 Å². The summed E-state index contributed by atoms with van der Waals surface area (Å²) in [6.45, 7) is 0. The first-order valence-corrected chi connectivity index (χ1v) is 4.85. The van der Waals surface area contributed by atoms with Gasteiger partial charge in [0, 0.05) is 11.3 Å². The zero-order valence-electron chi connectivity index (χ0n) is 8.06. The lowest BCUT2D eigenvalue weighted by molar-refractivity contribution is 0.899. The molecule has 0 amide bonds. The predicted molar refractivity (Wildman–Crippen MR) is 53.8 cm³/mol. The summed E-state index contributed by atoms with van der Waals surface area (Å²) in [5.74, 6) is 1.67. The SMILES string of the molecule is Nc1nc(-c2ncn[nH]2)nc2c1CCC2. The second-order valence-corrected chi connectivity index (χ2v) is 3.55. The highest BCUT2D eigenvalue weighted by molar-refractivity contribution is 5.52. The molecular formula is C9H10N6. The fourth-order valence-corrected chi connectivity index (χ4v) is 1.88. The number of fused-ring (bicyclic) bond motifs is 1. The van der Waals surface area contributed by atoms with Gasteiger partial charge in [0.1, 0.15) is 12.1 Å². The molecule has 0 spiro atoms.